The number of amides is 1. The lowest BCUT2D eigenvalue weighted by molar-refractivity contribution is -0.137. The van der Waals surface area contributed by atoms with Crippen molar-refractivity contribution in [1.82, 2.24) is 4.90 Å². The Morgan fingerprint density at radius 1 is 0.921 bits per heavy atom. The van der Waals surface area contributed by atoms with E-state index in [2.05, 4.69) is 0 Å². The van der Waals surface area contributed by atoms with Crippen molar-refractivity contribution < 1.29 is 43.2 Å². The van der Waals surface area contributed by atoms with Crippen molar-refractivity contribution in [3.05, 3.63) is 53.6 Å². The minimum absolute atomic E-state index is 0.0979. The van der Waals surface area contributed by atoms with Crippen LogP contribution in [0, 0.1) is 5.92 Å². The first-order chi connectivity index (χ1) is 17.1. The highest BCUT2D eigenvalue weighted by atomic mass is 32.2. The molecule has 1 heterocycles. The van der Waals surface area contributed by atoms with E-state index in [1.807, 2.05) is 0 Å². The molecule has 2 aromatic carbocycles. The van der Waals surface area contributed by atoms with Gasteiger partial charge >= 0.3 is 6.18 Å². The summed E-state index contributed by atoms with van der Waals surface area (Å²) in [7, 11) is -12.1. The normalized spacial score (nSPS) is 16.0. The van der Waals surface area contributed by atoms with Crippen LogP contribution in [-0.2, 0) is 35.7 Å². The van der Waals surface area contributed by atoms with Gasteiger partial charge in [0.05, 0.1) is 35.8 Å². The molecule has 1 saturated heterocycles. The molecule has 0 atom stereocenters. The second-order valence-electron chi connectivity index (χ2n) is 10.1. The molecule has 1 aliphatic heterocycles. The number of likely N-dealkylation sites (tertiary alicyclic amines) is 1. The summed E-state index contributed by atoms with van der Waals surface area (Å²) >= 11 is 0. The van der Waals surface area contributed by atoms with E-state index in [1.165, 1.54) is 32.6 Å². The fourth-order valence-electron chi connectivity index (χ4n) is 4.05. The minimum Gasteiger partial charge on any atom is -0.338 e. The number of alkyl halides is 3. The fraction of sp³-hybridized carbons (Fsp3) is 0.458. The number of halogens is 3. The highest BCUT2D eigenvalue weighted by molar-refractivity contribution is 7.93. The van der Waals surface area contributed by atoms with Gasteiger partial charge in [-0.25, -0.2) is 25.3 Å². The van der Waals surface area contributed by atoms with Crippen molar-refractivity contribution in [1.29, 1.82) is 0 Å². The van der Waals surface area contributed by atoms with Crippen molar-refractivity contribution in [3.8, 4) is 0 Å². The molecule has 3 rings (SSSR count). The molecule has 0 aromatic heterocycles. The molecule has 210 valence electrons. The highest BCUT2D eigenvalue weighted by Gasteiger charge is 2.50. The first kappa shape index (κ1) is 30.1. The number of sulfone groups is 3. The zero-order valence-electron chi connectivity index (χ0n) is 21.3. The first-order valence-electron chi connectivity index (χ1n) is 11.4. The van der Waals surface area contributed by atoms with Crippen LogP contribution in [-0.4, -0.2) is 65.4 Å². The van der Waals surface area contributed by atoms with Gasteiger partial charge in [0, 0.05) is 25.3 Å². The van der Waals surface area contributed by atoms with Crippen LogP contribution < -0.4 is 0 Å². The Hall–Kier alpha value is -2.45. The van der Waals surface area contributed by atoms with Gasteiger partial charge in [0.2, 0.25) is 0 Å². The molecular weight excluding hydrogens is 567 g/mol. The zero-order chi connectivity index (χ0) is 29.1. The van der Waals surface area contributed by atoms with E-state index in [9.17, 15) is 43.2 Å². The highest BCUT2D eigenvalue weighted by Crippen LogP contribution is 2.40. The molecular formula is C24H28F3NO7S3. The second-order valence-corrected chi connectivity index (χ2v) is 17.1. The molecule has 1 amide bonds. The monoisotopic (exact) mass is 595 g/mol. The second kappa shape index (κ2) is 9.63. The third kappa shape index (κ3) is 5.34. The molecule has 38 heavy (non-hydrogen) atoms. The predicted molar refractivity (Wildman–Crippen MR) is 134 cm³/mol. The molecule has 2 aromatic rings. The number of nitrogens with zero attached hydrogens (tertiary/aromatic N) is 1. The van der Waals surface area contributed by atoms with Crippen LogP contribution in [0.2, 0.25) is 0 Å². The summed E-state index contributed by atoms with van der Waals surface area (Å²) in [6, 6.07) is 6.65. The van der Waals surface area contributed by atoms with Crippen LogP contribution in [0.1, 0.15) is 43.6 Å². The Balaban J connectivity index is 1.89. The molecule has 0 N–H and O–H groups in total. The summed E-state index contributed by atoms with van der Waals surface area (Å²) in [4.78, 5) is 13.2. The number of carbonyl (C=O) groups is 1. The molecule has 0 spiro atoms. The summed E-state index contributed by atoms with van der Waals surface area (Å²) in [5, 5.41) is -0.825. The summed E-state index contributed by atoms with van der Waals surface area (Å²) in [5.41, 5.74) is -1.36. The van der Waals surface area contributed by atoms with Crippen molar-refractivity contribution in [2.45, 2.75) is 58.6 Å². The number of hydrogen-bond donors (Lipinski definition) is 0. The average Bonchev–Trinajstić information content (AvgIpc) is 2.76. The van der Waals surface area contributed by atoms with Gasteiger partial charge in [-0.1, -0.05) is 6.07 Å². The maximum Gasteiger partial charge on any atom is 0.416 e. The van der Waals surface area contributed by atoms with Crippen LogP contribution in [0.3, 0.4) is 0 Å². The molecule has 1 aliphatic rings. The molecule has 0 saturated carbocycles. The molecule has 0 bridgehead atoms. The van der Waals surface area contributed by atoms with Crippen molar-refractivity contribution in [3.63, 3.8) is 0 Å². The summed E-state index contributed by atoms with van der Waals surface area (Å²) in [6.07, 6.45) is -3.88. The van der Waals surface area contributed by atoms with Crippen LogP contribution in [0.25, 0.3) is 0 Å². The van der Waals surface area contributed by atoms with Gasteiger partial charge in [-0.05, 0) is 64.1 Å². The van der Waals surface area contributed by atoms with Gasteiger partial charge in [0.15, 0.2) is 29.5 Å². The number of benzene rings is 2. The van der Waals surface area contributed by atoms with Crippen LogP contribution in [0.15, 0.2) is 57.2 Å². The van der Waals surface area contributed by atoms with Crippen molar-refractivity contribution >= 4 is 35.4 Å². The van der Waals surface area contributed by atoms with E-state index in [0.717, 1.165) is 42.7 Å². The Kier molecular flexibility index (Phi) is 7.63. The van der Waals surface area contributed by atoms with E-state index in [-0.39, 0.29) is 23.5 Å². The van der Waals surface area contributed by atoms with Crippen molar-refractivity contribution in [2.75, 3.05) is 19.3 Å². The molecule has 14 heteroatoms. The maximum absolute atomic E-state index is 13.3. The fourth-order valence-corrected chi connectivity index (χ4v) is 7.84. The first-order valence-corrected chi connectivity index (χ1v) is 16.3. The lowest BCUT2D eigenvalue weighted by Crippen LogP contribution is -2.60. The minimum atomic E-state index is -4.73. The van der Waals surface area contributed by atoms with E-state index in [4.69, 9.17) is 0 Å². The quantitative estimate of drug-likeness (QED) is 0.479. The van der Waals surface area contributed by atoms with E-state index in [1.54, 1.807) is 0 Å². The van der Waals surface area contributed by atoms with Gasteiger partial charge < -0.3 is 4.90 Å². The summed E-state index contributed by atoms with van der Waals surface area (Å²) < 4.78 is 114. The van der Waals surface area contributed by atoms with E-state index < -0.39 is 72.9 Å². The number of carbonyl (C=O) groups excluding carboxylic acids is 1. The summed E-state index contributed by atoms with van der Waals surface area (Å²) in [6.45, 7) is 5.40. The van der Waals surface area contributed by atoms with Gasteiger partial charge in [0.1, 0.15) is 0 Å². The van der Waals surface area contributed by atoms with Crippen molar-refractivity contribution in [2.24, 2.45) is 5.92 Å². The smallest absolute Gasteiger partial charge is 0.338 e. The molecule has 0 unspecified atom stereocenters. The topological polar surface area (TPSA) is 123 Å². The van der Waals surface area contributed by atoms with Crippen LogP contribution >= 0.6 is 0 Å². The van der Waals surface area contributed by atoms with E-state index in [0.29, 0.717) is 6.07 Å². The predicted octanol–water partition coefficient (Wildman–Crippen LogP) is 3.62. The number of hydrogen-bond acceptors (Lipinski definition) is 7. The molecule has 0 aliphatic carbocycles. The van der Waals surface area contributed by atoms with Gasteiger partial charge in [-0.15, -0.1) is 0 Å². The standard InChI is InChI=1S/C24H28F3NO7S3/c1-15(2)37(32,33)18-9-10-20(21(12-18)36(5,30)31)22(29)28-13-17(14-28)23(3,4)38(34,35)19-8-6-7-16(11-19)24(25,26)27/h6-12,15,17H,13-14H2,1-5H3. The van der Waals surface area contributed by atoms with E-state index >= 15 is 0 Å². The lowest BCUT2D eigenvalue weighted by Gasteiger charge is -2.47. The third-order valence-corrected chi connectivity index (χ3v) is 12.7. The lowest BCUT2D eigenvalue weighted by atomic mass is 9.87. The molecule has 1 fully saturated rings. The zero-order valence-corrected chi connectivity index (χ0v) is 23.7. The Morgan fingerprint density at radius 3 is 2.00 bits per heavy atom. The third-order valence-electron chi connectivity index (χ3n) is 6.85. The molecule has 8 nitrogen and oxygen atoms in total. The Morgan fingerprint density at radius 2 is 1.50 bits per heavy atom. The SMILES string of the molecule is CC(C)S(=O)(=O)c1ccc(C(=O)N2CC(C(C)(C)S(=O)(=O)c3cccc(C(F)(F)F)c3)C2)c(S(C)(=O)=O)c1. The van der Waals surface area contributed by atoms with Crippen LogP contribution in [0.5, 0.6) is 0 Å². The maximum atomic E-state index is 13.3. The summed E-state index contributed by atoms with van der Waals surface area (Å²) in [5.74, 6) is -1.39. The van der Waals surface area contributed by atoms with Gasteiger partial charge in [-0.3, -0.25) is 4.79 Å². The van der Waals surface area contributed by atoms with Gasteiger partial charge in [-0.2, -0.15) is 13.2 Å². The Bertz CT molecular complexity index is 1590. The Labute approximate surface area is 220 Å². The largest absolute Gasteiger partial charge is 0.416 e. The van der Waals surface area contributed by atoms with Crippen LogP contribution in [0.4, 0.5) is 13.2 Å². The van der Waals surface area contributed by atoms with Gasteiger partial charge in [0.25, 0.3) is 5.91 Å². The number of rotatable bonds is 7. The average molecular weight is 596 g/mol. The molecule has 0 radical (unpaired) electrons.